The number of halogens is 2. The molecule has 1 amide bonds. The Kier molecular flexibility index (Phi) is 6.40. The second-order valence-electron chi connectivity index (χ2n) is 7.74. The van der Waals surface area contributed by atoms with E-state index in [2.05, 4.69) is 10.4 Å². The highest BCUT2D eigenvalue weighted by molar-refractivity contribution is 6.31. The van der Waals surface area contributed by atoms with E-state index in [0.29, 0.717) is 28.3 Å². The summed E-state index contributed by atoms with van der Waals surface area (Å²) in [7, 11) is 1.70. The molecular formula is C25H20ClFN6O2. The van der Waals surface area contributed by atoms with Crippen LogP contribution in [0.4, 0.5) is 10.1 Å². The van der Waals surface area contributed by atoms with E-state index in [1.54, 1.807) is 49.8 Å². The van der Waals surface area contributed by atoms with E-state index in [-0.39, 0.29) is 16.4 Å². The quantitative estimate of drug-likeness (QED) is 0.333. The number of anilines is 1. The Labute approximate surface area is 205 Å². The van der Waals surface area contributed by atoms with Crippen molar-refractivity contribution in [2.24, 2.45) is 7.05 Å². The lowest BCUT2D eigenvalue weighted by atomic mass is 10.1. The number of aromatic nitrogens is 4. The first kappa shape index (κ1) is 23.7. The van der Waals surface area contributed by atoms with Gasteiger partial charge >= 0.3 is 0 Å². The Morgan fingerprint density at radius 1 is 1.11 bits per heavy atom. The average molecular weight is 491 g/mol. The largest absolute Gasteiger partial charge is 0.315 e. The van der Waals surface area contributed by atoms with Crippen LogP contribution in [0.1, 0.15) is 17.0 Å². The van der Waals surface area contributed by atoms with Crippen LogP contribution in [0.15, 0.2) is 65.0 Å². The Balaban J connectivity index is 1.69. The number of hydrogen-bond acceptors (Lipinski definition) is 4. The molecule has 0 atom stereocenters. The predicted octanol–water partition coefficient (Wildman–Crippen LogP) is 4.32. The van der Waals surface area contributed by atoms with Crippen molar-refractivity contribution in [2.45, 2.75) is 13.8 Å². The van der Waals surface area contributed by atoms with Crippen LogP contribution in [0.25, 0.3) is 17.5 Å². The average Bonchev–Trinajstić information content (AvgIpc) is 3.25. The predicted molar refractivity (Wildman–Crippen MR) is 131 cm³/mol. The molecule has 10 heteroatoms. The molecule has 0 fully saturated rings. The molecule has 0 spiro atoms. The van der Waals surface area contributed by atoms with E-state index < -0.39 is 17.3 Å². The van der Waals surface area contributed by atoms with Crippen LogP contribution < -0.4 is 10.9 Å². The van der Waals surface area contributed by atoms with Crippen LogP contribution in [-0.2, 0) is 11.8 Å². The first-order valence-electron chi connectivity index (χ1n) is 10.5. The van der Waals surface area contributed by atoms with Crippen molar-refractivity contribution < 1.29 is 9.18 Å². The lowest BCUT2D eigenvalue weighted by molar-refractivity contribution is -0.112. The molecule has 1 N–H and O–H groups in total. The molecule has 8 nitrogen and oxygen atoms in total. The molecule has 35 heavy (non-hydrogen) atoms. The zero-order valence-corrected chi connectivity index (χ0v) is 19.8. The van der Waals surface area contributed by atoms with Crippen molar-refractivity contribution in [1.82, 2.24) is 19.1 Å². The highest BCUT2D eigenvalue weighted by Gasteiger charge is 2.21. The second kappa shape index (κ2) is 9.44. The molecule has 0 saturated heterocycles. The SMILES string of the molecule is Cc1nn(-c2ccc(F)cc2)c(Cl)c1C=C(C#N)C(=O)Nc1c(C)n(C)n(-c2ccccc2)c1=O. The summed E-state index contributed by atoms with van der Waals surface area (Å²) in [6.07, 6.45) is 1.31. The molecule has 0 radical (unpaired) electrons. The molecule has 0 bridgehead atoms. The normalized spacial score (nSPS) is 11.4. The molecule has 2 heterocycles. The van der Waals surface area contributed by atoms with Crippen molar-refractivity contribution in [3.05, 3.63) is 98.4 Å². The lowest BCUT2D eigenvalue weighted by Gasteiger charge is -2.07. The number of aryl methyl sites for hydroxylation is 1. The highest BCUT2D eigenvalue weighted by atomic mass is 35.5. The van der Waals surface area contributed by atoms with Crippen molar-refractivity contribution in [3.8, 4) is 17.4 Å². The van der Waals surface area contributed by atoms with Crippen molar-refractivity contribution in [1.29, 1.82) is 5.26 Å². The molecule has 2 aromatic carbocycles. The fourth-order valence-electron chi connectivity index (χ4n) is 3.61. The number of carbonyl (C=O) groups excluding carboxylic acids is 1. The molecule has 0 aliphatic carbocycles. The van der Waals surface area contributed by atoms with Crippen LogP contribution in [-0.4, -0.2) is 25.1 Å². The number of hydrogen-bond donors (Lipinski definition) is 1. The number of carbonyl (C=O) groups is 1. The topological polar surface area (TPSA) is 97.6 Å². The van der Waals surface area contributed by atoms with Gasteiger partial charge in [0.1, 0.15) is 28.3 Å². The Morgan fingerprint density at radius 3 is 2.40 bits per heavy atom. The van der Waals surface area contributed by atoms with Crippen molar-refractivity contribution in [3.63, 3.8) is 0 Å². The Bertz CT molecular complexity index is 1560. The van der Waals surface area contributed by atoms with E-state index in [0.717, 1.165) is 0 Å². The fourth-order valence-corrected chi connectivity index (χ4v) is 3.94. The lowest BCUT2D eigenvalue weighted by Crippen LogP contribution is -2.23. The zero-order chi connectivity index (χ0) is 25.3. The van der Waals surface area contributed by atoms with E-state index in [1.807, 2.05) is 12.1 Å². The number of nitriles is 1. The summed E-state index contributed by atoms with van der Waals surface area (Å²) in [6.45, 7) is 3.37. The zero-order valence-electron chi connectivity index (χ0n) is 19.1. The minimum Gasteiger partial charge on any atom is -0.315 e. The minimum absolute atomic E-state index is 0.0623. The fraction of sp³-hybridized carbons (Fsp3) is 0.120. The van der Waals surface area contributed by atoms with Crippen LogP contribution in [0.3, 0.4) is 0 Å². The third-order valence-corrected chi connectivity index (χ3v) is 5.93. The maximum absolute atomic E-state index is 13.3. The minimum atomic E-state index is -0.761. The summed E-state index contributed by atoms with van der Waals surface area (Å²) < 4.78 is 17.7. The molecule has 2 aromatic heterocycles. The third kappa shape index (κ3) is 4.39. The van der Waals surface area contributed by atoms with Gasteiger partial charge in [-0.25, -0.2) is 13.8 Å². The highest BCUT2D eigenvalue weighted by Crippen LogP contribution is 2.26. The summed E-state index contributed by atoms with van der Waals surface area (Å²) >= 11 is 6.48. The van der Waals surface area contributed by atoms with Crippen LogP contribution in [0.2, 0.25) is 5.15 Å². The molecule has 4 rings (SSSR count). The molecule has 176 valence electrons. The van der Waals surface area contributed by atoms with Gasteiger partial charge in [-0.1, -0.05) is 29.8 Å². The van der Waals surface area contributed by atoms with Gasteiger partial charge in [0.15, 0.2) is 0 Å². The van der Waals surface area contributed by atoms with Gasteiger partial charge in [0.05, 0.1) is 22.8 Å². The first-order valence-corrected chi connectivity index (χ1v) is 10.9. The smallest absolute Gasteiger partial charge is 0.295 e. The first-order chi connectivity index (χ1) is 16.7. The molecule has 4 aromatic rings. The summed E-state index contributed by atoms with van der Waals surface area (Å²) in [4.78, 5) is 26.0. The maximum atomic E-state index is 13.3. The van der Waals surface area contributed by atoms with Gasteiger partial charge in [0, 0.05) is 12.6 Å². The summed E-state index contributed by atoms with van der Waals surface area (Å²) in [5.41, 5.74) is 1.85. The van der Waals surface area contributed by atoms with Crippen LogP contribution in [0, 0.1) is 31.0 Å². The second-order valence-corrected chi connectivity index (χ2v) is 8.10. The van der Waals surface area contributed by atoms with E-state index >= 15 is 0 Å². The monoisotopic (exact) mass is 490 g/mol. The van der Waals surface area contributed by atoms with E-state index in [9.17, 15) is 19.2 Å². The van der Waals surface area contributed by atoms with Crippen LogP contribution >= 0.6 is 11.6 Å². The van der Waals surface area contributed by atoms with Gasteiger partial charge in [-0.3, -0.25) is 14.3 Å². The number of para-hydroxylation sites is 1. The molecule has 0 saturated carbocycles. The van der Waals surface area contributed by atoms with E-state index in [1.165, 1.54) is 39.7 Å². The summed E-state index contributed by atoms with van der Waals surface area (Å²) in [6, 6.07) is 16.4. The van der Waals surface area contributed by atoms with Gasteiger partial charge in [-0.05, 0) is 56.3 Å². The molecule has 0 aliphatic rings. The van der Waals surface area contributed by atoms with Crippen molar-refractivity contribution >= 4 is 29.3 Å². The summed E-state index contributed by atoms with van der Waals surface area (Å²) in [5.74, 6) is -1.16. The molecule has 0 unspecified atom stereocenters. The van der Waals surface area contributed by atoms with Gasteiger partial charge in [0.25, 0.3) is 11.5 Å². The number of benzene rings is 2. The number of nitrogens with one attached hydrogen (secondary N) is 1. The number of nitrogens with zero attached hydrogens (tertiary/aromatic N) is 5. The van der Waals surface area contributed by atoms with E-state index in [4.69, 9.17) is 11.6 Å². The maximum Gasteiger partial charge on any atom is 0.295 e. The Morgan fingerprint density at radius 2 is 1.77 bits per heavy atom. The molecule has 0 aliphatic heterocycles. The Hall–Kier alpha value is -4.42. The van der Waals surface area contributed by atoms with Gasteiger partial charge < -0.3 is 5.32 Å². The van der Waals surface area contributed by atoms with Gasteiger partial charge in [-0.2, -0.15) is 10.4 Å². The number of rotatable bonds is 5. The van der Waals surface area contributed by atoms with Gasteiger partial charge in [-0.15, -0.1) is 0 Å². The van der Waals surface area contributed by atoms with Crippen molar-refractivity contribution in [2.75, 3.05) is 5.32 Å². The van der Waals surface area contributed by atoms with Crippen LogP contribution in [0.5, 0.6) is 0 Å². The van der Waals surface area contributed by atoms with Gasteiger partial charge in [0.2, 0.25) is 0 Å². The summed E-state index contributed by atoms with van der Waals surface area (Å²) in [5, 5.41) is 16.7. The molecular weight excluding hydrogens is 471 g/mol. The standard InChI is InChI=1S/C25H20ClFN6O2/c1-15-21(23(26)32(30-15)19-11-9-18(27)10-12-19)13-17(14-28)24(34)29-22-16(2)31(3)33(25(22)35)20-7-5-4-6-8-20/h4-13H,1-3H3,(H,29,34). The number of amides is 1. The third-order valence-electron chi connectivity index (χ3n) is 5.57.